The Morgan fingerprint density at radius 1 is 0.917 bits per heavy atom. The molecule has 0 radical (unpaired) electrons. The molecular weight excluding hydrogens is 306 g/mol. The summed E-state index contributed by atoms with van der Waals surface area (Å²) in [6.45, 7) is 0.254. The maximum absolute atomic E-state index is 5.45. The van der Waals surface area contributed by atoms with E-state index in [1.165, 1.54) is 0 Å². The molecule has 0 spiro atoms. The van der Waals surface area contributed by atoms with Gasteiger partial charge in [0.15, 0.2) is 23.0 Å². The number of ether oxygens (including phenoxy) is 2. The van der Waals surface area contributed by atoms with Gasteiger partial charge in [0.05, 0.1) is 6.20 Å². The number of hydrogen-bond acceptors (Lipinski definition) is 5. The summed E-state index contributed by atoms with van der Waals surface area (Å²) in [6.07, 6.45) is 5.84. The second-order valence-corrected chi connectivity index (χ2v) is 5.64. The first-order valence-electron chi connectivity index (χ1n) is 7.52. The van der Waals surface area contributed by atoms with Crippen molar-refractivity contribution in [3.05, 3.63) is 48.9 Å². The van der Waals surface area contributed by atoms with Crippen molar-refractivity contribution < 1.29 is 9.47 Å². The Bertz CT molecular complexity index is 1070. The average molecular weight is 319 g/mol. The normalized spacial score (nSPS) is 12.9. The van der Waals surface area contributed by atoms with Crippen molar-refractivity contribution in [3.8, 4) is 34.0 Å². The third-order valence-corrected chi connectivity index (χ3v) is 4.07. The summed E-state index contributed by atoms with van der Waals surface area (Å²) in [6, 6.07) is 9.75. The SMILES string of the molecule is Cn1cc(-c2ccc3nnc(-c4ccc5c(c4)OCO5)n3c2)cn1. The van der Waals surface area contributed by atoms with E-state index in [0.717, 1.165) is 39.7 Å². The molecule has 0 atom stereocenters. The molecule has 1 aliphatic rings. The van der Waals surface area contributed by atoms with E-state index in [4.69, 9.17) is 9.47 Å². The zero-order chi connectivity index (χ0) is 16.1. The van der Waals surface area contributed by atoms with Gasteiger partial charge in [0, 0.05) is 36.1 Å². The number of aromatic nitrogens is 5. The smallest absolute Gasteiger partial charge is 0.231 e. The summed E-state index contributed by atoms with van der Waals surface area (Å²) in [7, 11) is 1.90. The van der Waals surface area contributed by atoms with Gasteiger partial charge in [-0.15, -0.1) is 10.2 Å². The van der Waals surface area contributed by atoms with Crippen molar-refractivity contribution in [3.63, 3.8) is 0 Å². The number of rotatable bonds is 2. The minimum Gasteiger partial charge on any atom is -0.454 e. The molecule has 0 aliphatic carbocycles. The molecule has 7 nitrogen and oxygen atoms in total. The molecule has 0 bridgehead atoms. The van der Waals surface area contributed by atoms with Crippen molar-refractivity contribution in [1.29, 1.82) is 0 Å². The maximum Gasteiger partial charge on any atom is 0.231 e. The summed E-state index contributed by atoms with van der Waals surface area (Å²) in [5.41, 5.74) is 3.81. The van der Waals surface area contributed by atoms with E-state index in [1.54, 1.807) is 4.68 Å². The highest BCUT2D eigenvalue weighted by atomic mass is 16.7. The Kier molecular flexibility index (Phi) is 2.64. The molecule has 4 aromatic rings. The number of nitrogens with zero attached hydrogens (tertiary/aromatic N) is 5. The van der Waals surface area contributed by atoms with Crippen LogP contribution >= 0.6 is 0 Å². The Morgan fingerprint density at radius 3 is 2.67 bits per heavy atom. The topological polar surface area (TPSA) is 66.5 Å². The zero-order valence-corrected chi connectivity index (χ0v) is 12.9. The molecule has 0 saturated carbocycles. The predicted molar refractivity (Wildman–Crippen MR) is 86.7 cm³/mol. The highest BCUT2D eigenvalue weighted by molar-refractivity contribution is 5.68. The average Bonchev–Trinajstić information content (AvgIpc) is 3.32. The van der Waals surface area contributed by atoms with Crippen molar-refractivity contribution in [1.82, 2.24) is 24.4 Å². The van der Waals surface area contributed by atoms with Crippen LogP contribution in [0.2, 0.25) is 0 Å². The standard InChI is InChI=1S/C17H13N5O2/c1-21-8-13(7-18-21)12-3-5-16-19-20-17(22(16)9-12)11-2-4-14-15(6-11)24-10-23-14/h2-9H,10H2,1H3. The van der Waals surface area contributed by atoms with Crippen molar-refractivity contribution >= 4 is 5.65 Å². The molecular formula is C17H13N5O2. The van der Waals surface area contributed by atoms with E-state index in [2.05, 4.69) is 15.3 Å². The molecule has 5 rings (SSSR count). The number of benzene rings is 1. The zero-order valence-electron chi connectivity index (χ0n) is 12.9. The van der Waals surface area contributed by atoms with Crippen LogP contribution in [0.3, 0.4) is 0 Å². The van der Waals surface area contributed by atoms with E-state index in [0.29, 0.717) is 0 Å². The van der Waals surface area contributed by atoms with Crippen LogP contribution in [-0.4, -0.2) is 31.2 Å². The van der Waals surface area contributed by atoms with Crippen LogP contribution in [0.5, 0.6) is 11.5 Å². The lowest BCUT2D eigenvalue weighted by molar-refractivity contribution is 0.174. The van der Waals surface area contributed by atoms with Gasteiger partial charge in [-0.1, -0.05) is 0 Å². The van der Waals surface area contributed by atoms with Crippen LogP contribution in [0, 0.1) is 0 Å². The van der Waals surface area contributed by atoms with Gasteiger partial charge in [0.25, 0.3) is 0 Å². The van der Waals surface area contributed by atoms with Gasteiger partial charge in [-0.25, -0.2) is 0 Å². The number of hydrogen-bond donors (Lipinski definition) is 0. The van der Waals surface area contributed by atoms with Crippen molar-refractivity contribution in [2.24, 2.45) is 7.05 Å². The fraction of sp³-hybridized carbons (Fsp3) is 0.118. The summed E-state index contributed by atoms with van der Waals surface area (Å²) < 4.78 is 14.6. The lowest BCUT2D eigenvalue weighted by Gasteiger charge is -2.04. The summed E-state index contributed by atoms with van der Waals surface area (Å²) >= 11 is 0. The lowest BCUT2D eigenvalue weighted by atomic mass is 10.1. The molecule has 1 aliphatic heterocycles. The number of aryl methyl sites for hydroxylation is 1. The van der Waals surface area contributed by atoms with Crippen molar-refractivity contribution in [2.75, 3.05) is 6.79 Å². The second kappa shape index (κ2) is 4.82. The lowest BCUT2D eigenvalue weighted by Crippen LogP contribution is -1.93. The van der Waals surface area contributed by atoms with Gasteiger partial charge in [0.2, 0.25) is 6.79 Å². The summed E-state index contributed by atoms with van der Waals surface area (Å²) in [4.78, 5) is 0. The van der Waals surface area contributed by atoms with Gasteiger partial charge < -0.3 is 9.47 Å². The molecule has 4 heterocycles. The number of pyridine rings is 1. The molecule has 0 fully saturated rings. The first-order chi connectivity index (χ1) is 11.8. The van der Waals surface area contributed by atoms with E-state index in [9.17, 15) is 0 Å². The van der Waals surface area contributed by atoms with E-state index in [1.807, 2.05) is 60.4 Å². The molecule has 118 valence electrons. The molecule has 0 unspecified atom stereocenters. The van der Waals surface area contributed by atoms with Gasteiger partial charge in [-0.05, 0) is 30.3 Å². The van der Waals surface area contributed by atoms with Crippen LogP contribution in [0.25, 0.3) is 28.2 Å². The Morgan fingerprint density at radius 2 is 1.79 bits per heavy atom. The Labute approximate surface area is 137 Å². The maximum atomic E-state index is 5.45. The first-order valence-corrected chi connectivity index (χ1v) is 7.52. The molecule has 0 saturated heterocycles. The molecule has 7 heteroatoms. The predicted octanol–water partition coefficient (Wildman–Crippen LogP) is 2.53. The van der Waals surface area contributed by atoms with E-state index < -0.39 is 0 Å². The summed E-state index contributed by atoms with van der Waals surface area (Å²) in [5, 5.41) is 12.8. The molecule has 0 N–H and O–H groups in total. The van der Waals surface area contributed by atoms with E-state index in [-0.39, 0.29) is 6.79 Å². The molecule has 1 aromatic carbocycles. The van der Waals surface area contributed by atoms with Gasteiger partial charge in [-0.2, -0.15) is 5.10 Å². The summed E-state index contributed by atoms with van der Waals surface area (Å²) in [5.74, 6) is 2.24. The van der Waals surface area contributed by atoms with Gasteiger partial charge in [-0.3, -0.25) is 9.08 Å². The van der Waals surface area contributed by atoms with Crippen LogP contribution in [0.1, 0.15) is 0 Å². The molecule has 0 amide bonds. The van der Waals surface area contributed by atoms with E-state index >= 15 is 0 Å². The van der Waals surface area contributed by atoms with Gasteiger partial charge >= 0.3 is 0 Å². The third kappa shape index (κ3) is 1.95. The van der Waals surface area contributed by atoms with Crippen LogP contribution in [0.4, 0.5) is 0 Å². The van der Waals surface area contributed by atoms with Crippen molar-refractivity contribution in [2.45, 2.75) is 0 Å². The first kappa shape index (κ1) is 13.1. The fourth-order valence-electron chi connectivity index (χ4n) is 2.86. The molecule has 3 aromatic heterocycles. The highest BCUT2D eigenvalue weighted by Gasteiger charge is 2.16. The highest BCUT2D eigenvalue weighted by Crippen LogP contribution is 2.35. The minimum absolute atomic E-state index is 0.254. The third-order valence-electron chi connectivity index (χ3n) is 4.07. The largest absolute Gasteiger partial charge is 0.454 e. The second-order valence-electron chi connectivity index (χ2n) is 5.64. The van der Waals surface area contributed by atoms with Crippen LogP contribution in [0.15, 0.2) is 48.9 Å². The number of fused-ring (bicyclic) bond motifs is 2. The van der Waals surface area contributed by atoms with Gasteiger partial charge in [0.1, 0.15) is 0 Å². The van der Waals surface area contributed by atoms with Crippen LogP contribution in [-0.2, 0) is 7.05 Å². The van der Waals surface area contributed by atoms with Crippen LogP contribution < -0.4 is 9.47 Å². The fourth-order valence-corrected chi connectivity index (χ4v) is 2.86. The molecule has 24 heavy (non-hydrogen) atoms. The quantitative estimate of drug-likeness (QED) is 0.568. The minimum atomic E-state index is 0.254. The Hall–Kier alpha value is -3.35. The monoisotopic (exact) mass is 319 g/mol. The Balaban J connectivity index is 1.66.